The molecular weight excluding hydrogens is 418 g/mol. The van der Waals surface area contributed by atoms with Gasteiger partial charge in [-0.2, -0.15) is 0 Å². The molecule has 148 valence electrons. The molecule has 3 rings (SSSR count). The number of pyridine rings is 1. The SMILES string of the molecule is CCOC(=O)c1sc(-c2cccc([N+](=O)[O-])c2)cc1NC(=O)c1cccnc1Cl. The minimum Gasteiger partial charge on any atom is -0.462 e. The summed E-state index contributed by atoms with van der Waals surface area (Å²) < 4.78 is 5.06. The Morgan fingerprint density at radius 2 is 2.07 bits per heavy atom. The van der Waals surface area contributed by atoms with E-state index in [1.807, 2.05) is 0 Å². The molecule has 0 spiro atoms. The van der Waals surface area contributed by atoms with E-state index < -0.39 is 16.8 Å². The topological polar surface area (TPSA) is 111 Å². The number of nitrogens with one attached hydrogen (secondary N) is 1. The Hall–Kier alpha value is -3.30. The number of thiophene rings is 1. The molecule has 0 fully saturated rings. The lowest BCUT2D eigenvalue weighted by atomic mass is 10.1. The highest BCUT2D eigenvalue weighted by atomic mass is 35.5. The first-order chi connectivity index (χ1) is 13.9. The number of benzene rings is 1. The first kappa shape index (κ1) is 20.4. The molecule has 1 N–H and O–H groups in total. The number of nitro groups is 1. The van der Waals surface area contributed by atoms with Gasteiger partial charge in [0.25, 0.3) is 11.6 Å². The summed E-state index contributed by atoms with van der Waals surface area (Å²) in [6.07, 6.45) is 1.45. The fraction of sp³-hybridized carbons (Fsp3) is 0.105. The van der Waals surface area contributed by atoms with Crippen LogP contribution in [0.2, 0.25) is 5.15 Å². The van der Waals surface area contributed by atoms with Crippen LogP contribution in [0.25, 0.3) is 10.4 Å². The van der Waals surface area contributed by atoms with Crippen molar-refractivity contribution in [2.45, 2.75) is 6.92 Å². The summed E-state index contributed by atoms with van der Waals surface area (Å²) in [4.78, 5) is 40.1. The second kappa shape index (κ2) is 8.80. The molecule has 0 aliphatic heterocycles. The van der Waals surface area contributed by atoms with Gasteiger partial charge in [0.15, 0.2) is 0 Å². The Morgan fingerprint density at radius 1 is 1.28 bits per heavy atom. The number of halogens is 1. The number of esters is 1. The Kier molecular flexibility index (Phi) is 6.20. The fourth-order valence-corrected chi connectivity index (χ4v) is 3.70. The van der Waals surface area contributed by atoms with Crippen LogP contribution in [-0.4, -0.2) is 28.4 Å². The normalized spacial score (nSPS) is 10.4. The van der Waals surface area contributed by atoms with Crippen LogP contribution < -0.4 is 5.32 Å². The van der Waals surface area contributed by atoms with E-state index in [0.29, 0.717) is 10.4 Å². The summed E-state index contributed by atoms with van der Waals surface area (Å²) in [6, 6.07) is 10.6. The first-order valence-corrected chi connectivity index (χ1v) is 9.57. The lowest BCUT2D eigenvalue weighted by Crippen LogP contribution is -2.15. The summed E-state index contributed by atoms with van der Waals surface area (Å²) >= 11 is 7.02. The zero-order valence-corrected chi connectivity index (χ0v) is 16.6. The third-order valence-corrected chi connectivity index (χ3v) is 5.25. The zero-order chi connectivity index (χ0) is 21.0. The van der Waals surface area contributed by atoms with Crippen molar-refractivity contribution in [3.05, 3.63) is 74.4 Å². The van der Waals surface area contributed by atoms with E-state index in [1.165, 1.54) is 24.4 Å². The summed E-state index contributed by atoms with van der Waals surface area (Å²) in [6.45, 7) is 1.82. The molecule has 0 saturated carbocycles. The summed E-state index contributed by atoms with van der Waals surface area (Å²) in [5.41, 5.74) is 0.822. The second-order valence-corrected chi connectivity index (χ2v) is 7.09. The summed E-state index contributed by atoms with van der Waals surface area (Å²) in [5.74, 6) is -1.15. The Bertz CT molecular complexity index is 1100. The van der Waals surface area contributed by atoms with E-state index in [-0.39, 0.29) is 33.6 Å². The highest BCUT2D eigenvalue weighted by Gasteiger charge is 2.22. The van der Waals surface area contributed by atoms with Gasteiger partial charge in [0, 0.05) is 23.2 Å². The van der Waals surface area contributed by atoms with Crippen molar-refractivity contribution in [2.75, 3.05) is 11.9 Å². The zero-order valence-electron chi connectivity index (χ0n) is 15.0. The number of hydrogen-bond acceptors (Lipinski definition) is 7. The van der Waals surface area contributed by atoms with Gasteiger partial charge >= 0.3 is 5.97 Å². The molecule has 0 unspecified atom stereocenters. The summed E-state index contributed by atoms with van der Waals surface area (Å²) in [7, 11) is 0. The van der Waals surface area contributed by atoms with Gasteiger partial charge in [-0.15, -0.1) is 11.3 Å². The lowest BCUT2D eigenvalue weighted by molar-refractivity contribution is -0.384. The Labute approximate surface area is 174 Å². The smallest absolute Gasteiger partial charge is 0.350 e. The van der Waals surface area contributed by atoms with E-state index in [0.717, 1.165) is 11.3 Å². The largest absolute Gasteiger partial charge is 0.462 e. The number of rotatable bonds is 6. The highest BCUT2D eigenvalue weighted by molar-refractivity contribution is 7.18. The van der Waals surface area contributed by atoms with Gasteiger partial charge < -0.3 is 10.1 Å². The van der Waals surface area contributed by atoms with Crippen LogP contribution in [0.15, 0.2) is 48.7 Å². The maximum absolute atomic E-state index is 12.6. The van der Waals surface area contributed by atoms with E-state index in [2.05, 4.69) is 10.3 Å². The molecule has 0 aliphatic rings. The van der Waals surface area contributed by atoms with Crippen molar-refractivity contribution in [3.63, 3.8) is 0 Å². The monoisotopic (exact) mass is 431 g/mol. The van der Waals surface area contributed by atoms with Crippen LogP contribution in [0.3, 0.4) is 0 Å². The lowest BCUT2D eigenvalue weighted by Gasteiger charge is -2.06. The van der Waals surface area contributed by atoms with E-state index in [1.54, 1.807) is 31.2 Å². The number of anilines is 1. The Morgan fingerprint density at radius 3 is 2.76 bits per heavy atom. The fourth-order valence-electron chi connectivity index (χ4n) is 2.49. The van der Waals surface area contributed by atoms with Crippen molar-refractivity contribution < 1.29 is 19.2 Å². The molecule has 1 amide bonds. The van der Waals surface area contributed by atoms with Crippen LogP contribution in [0.1, 0.15) is 27.0 Å². The molecule has 0 saturated heterocycles. The average molecular weight is 432 g/mol. The van der Waals surface area contributed by atoms with Crippen LogP contribution in [0, 0.1) is 10.1 Å². The van der Waals surface area contributed by atoms with Crippen LogP contribution in [0.4, 0.5) is 11.4 Å². The van der Waals surface area contributed by atoms with Gasteiger partial charge in [-0.3, -0.25) is 14.9 Å². The molecule has 0 radical (unpaired) electrons. The van der Waals surface area contributed by atoms with Gasteiger partial charge in [0.2, 0.25) is 0 Å². The number of hydrogen-bond donors (Lipinski definition) is 1. The maximum Gasteiger partial charge on any atom is 0.350 e. The van der Waals surface area contributed by atoms with Crippen LogP contribution in [-0.2, 0) is 4.74 Å². The standard InChI is InChI=1S/C19H14ClN3O5S/c1-2-28-19(25)16-14(22-18(24)13-7-4-8-21-17(13)20)10-15(29-16)11-5-3-6-12(9-11)23(26)27/h3-10H,2H2,1H3,(H,22,24). The van der Waals surface area contributed by atoms with Gasteiger partial charge in [-0.1, -0.05) is 23.7 Å². The van der Waals surface area contributed by atoms with Gasteiger partial charge in [-0.25, -0.2) is 9.78 Å². The predicted octanol–water partition coefficient (Wildman–Crippen LogP) is 4.80. The second-order valence-electron chi connectivity index (χ2n) is 5.68. The average Bonchev–Trinajstić information content (AvgIpc) is 3.12. The first-order valence-electron chi connectivity index (χ1n) is 8.38. The quantitative estimate of drug-likeness (QED) is 0.259. The minimum atomic E-state index is -0.609. The number of nitrogens with zero attached hydrogens (tertiary/aromatic N) is 2. The molecule has 2 aromatic heterocycles. The van der Waals surface area contributed by atoms with Crippen molar-refractivity contribution in [1.29, 1.82) is 0 Å². The number of carbonyl (C=O) groups excluding carboxylic acids is 2. The number of aromatic nitrogens is 1. The molecular formula is C19H14ClN3O5S. The van der Waals surface area contributed by atoms with Crippen LogP contribution >= 0.6 is 22.9 Å². The molecule has 29 heavy (non-hydrogen) atoms. The number of non-ortho nitro benzene ring substituents is 1. The minimum absolute atomic E-state index is 0.0248. The highest BCUT2D eigenvalue weighted by Crippen LogP contribution is 2.37. The molecule has 0 bridgehead atoms. The van der Waals surface area contributed by atoms with Crippen molar-refractivity contribution in [1.82, 2.24) is 4.98 Å². The molecule has 8 nitrogen and oxygen atoms in total. The number of amides is 1. The van der Waals surface area contributed by atoms with E-state index >= 15 is 0 Å². The number of nitro benzene ring substituents is 1. The van der Waals surface area contributed by atoms with Gasteiger partial charge in [0.05, 0.1) is 22.8 Å². The Balaban J connectivity index is 2.00. The molecule has 1 aromatic carbocycles. The molecule has 0 atom stereocenters. The van der Waals surface area contributed by atoms with E-state index in [9.17, 15) is 19.7 Å². The van der Waals surface area contributed by atoms with Crippen LogP contribution in [0.5, 0.6) is 0 Å². The van der Waals surface area contributed by atoms with Crippen molar-refractivity contribution in [2.24, 2.45) is 0 Å². The van der Waals surface area contributed by atoms with Gasteiger partial charge in [-0.05, 0) is 30.7 Å². The predicted molar refractivity (Wildman–Crippen MR) is 110 cm³/mol. The van der Waals surface area contributed by atoms with Crippen molar-refractivity contribution >= 4 is 46.2 Å². The third-order valence-electron chi connectivity index (χ3n) is 3.79. The molecule has 2 heterocycles. The molecule has 0 aliphatic carbocycles. The van der Waals surface area contributed by atoms with Gasteiger partial charge in [0.1, 0.15) is 10.0 Å². The maximum atomic E-state index is 12.6. The summed E-state index contributed by atoms with van der Waals surface area (Å²) in [5, 5.41) is 13.7. The number of carbonyl (C=O) groups is 2. The molecule has 10 heteroatoms. The molecule has 3 aromatic rings. The third kappa shape index (κ3) is 4.58. The number of ether oxygens (including phenoxy) is 1. The van der Waals surface area contributed by atoms with Crippen molar-refractivity contribution in [3.8, 4) is 10.4 Å². The van der Waals surface area contributed by atoms with E-state index in [4.69, 9.17) is 16.3 Å².